The Hall–Kier alpha value is -0.720. The van der Waals surface area contributed by atoms with Gasteiger partial charge in [-0.25, -0.2) is 0 Å². The van der Waals surface area contributed by atoms with Crippen LogP contribution in [0.25, 0.3) is 0 Å². The number of hydrogen-bond donors (Lipinski definition) is 2. The Morgan fingerprint density at radius 2 is 1.86 bits per heavy atom. The van der Waals surface area contributed by atoms with E-state index in [2.05, 4.69) is 21.2 Å². The fourth-order valence-corrected chi connectivity index (χ4v) is 3.28. The van der Waals surface area contributed by atoms with Gasteiger partial charge in [0.15, 0.2) is 0 Å². The lowest BCUT2D eigenvalue weighted by atomic mass is 9.94. The van der Waals surface area contributed by atoms with E-state index in [4.69, 9.17) is 5.73 Å². The van der Waals surface area contributed by atoms with Crippen LogP contribution in [-0.4, -0.2) is 28.0 Å². The molecule has 1 rings (SSSR count). The van der Waals surface area contributed by atoms with Gasteiger partial charge in [-0.05, 0) is 43.5 Å². The fourth-order valence-electron chi connectivity index (χ4n) is 1.93. The predicted octanol–water partition coefficient (Wildman–Crippen LogP) is 2.97. The van der Waals surface area contributed by atoms with Crippen LogP contribution in [-0.2, 0) is 15.6 Å². The third-order valence-corrected chi connectivity index (χ3v) is 5.84. The van der Waals surface area contributed by atoms with Crippen LogP contribution in [0.2, 0.25) is 0 Å². The van der Waals surface area contributed by atoms with Crippen molar-refractivity contribution in [2.24, 2.45) is 5.73 Å². The predicted molar refractivity (Wildman–Crippen MR) is 95.2 cm³/mol. The standard InChI is InChI=1S/C16H25BrN2O2S/c1-3-16(18,4-2)12-19-15(20)6-5-11-22(21)14-9-7-13(17)8-10-14/h7-10H,3-6,11-12,18H2,1-2H3,(H,19,20). The topological polar surface area (TPSA) is 72.2 Å². The fraction of sp³-hybridized carbons (Fsp3) is 0.562. The number of rotatable bonds is 9. The zero-order valence-corrected chi connectivity index (χ0v) is 15.6. The molecular formula is C16H25BrN2O2S. The lowest BCUT2D eigenvalue weighted by Gasteiger charge is -2.26. The van der Waals surface area contributed by atoms with Gasteiger partial charge in [0.05, 0.1) is 10.8 Å². The van der Waals surface area contributed by atoms with Gasteiger partial charge in [-0.15, -0.1) is 0 Å². The second-order valence-corrected chi connectivity index (χ2v) is 7.94. The molecule has 22 heavy (non-hydrogen) atoms. The molecule has 0 saturated carbocycles. The molecular weight excluding hydrogens is 364 g/mol. The van der Waals surface area contributed by atoms with Gasteiger partial charge in [0.25, 0.3) is 0 Å². The molecule has 0 saturated heterocycles. The summed E-state index contributed by atoms with van der Waals surface area (Å²) in [5, 5.41) is 2.88. The molecule has 0 heterocycles. The van der Waals surface area contributed by atoms with Crippen molar-refractivity contribution in [1.29, 1.82) is 0 Å². The Morgan fingerprint density at radius 1 is 1.27 bits per heavy atom. The second kappa shape index (κ2) is 9.43. The Morgan fingerprint density at radius 3 is 2.41 bits per heavy atom. The van der Waals surface area contributed by atoms with Crippen LogP contribution in [0.15, 0.2) is 33.6 Å². The van der Waals surface area contributed by atoms with E-state index in [1.54, 1.807) is 0 Å². The number of carbonyl (C=O) groups excluding carboxylic acids is 1. The van der Waals surface area contributed by atoms with Crippen molar-refractivity contribution in [3.63, 3.8) is 0 Å². The summed E-state index contributed by atoms with van der Waals surface area (Å²) < 4.78 is 13.1. The van der Waals surface area contributed by atoms with Crippen LogP contribution in [0, 0.1) is 0 Å². The Labute approximate surface area is 143 Å². The van der Waals surface area contributed by atoms with E-state index >= 15 is 0 Å². The largest absolute Gasteiger partial charge is 0.354 e. The molecule has 1 unspecified atom stereocenters. The number of hydrogen-bond acceptors (Lipinski definition) is 3. The maximum atomic E-state index is 12.1. The summed E-state index contributed by atoms with van der Waals surface area (Å²) in [6.45, 7) is 4.54. The van der Waals surface area contributed by atoms with Crippen LogP contribution in [0.4, 0.5) is 0 Å². The molecule has 0 radical (unpaired) electrons. The molecule has 3 N–H and O–H groups in total. The summed E-state index contributed by atoms with van der Waals surface area (Å²) in [6.07, 6.45) is 2.64. The van der Waals surface area contributed by atoms with Gasteiger partial charge in [0.2, 0.25) is 5.91 Å². The summed E-state index contributed by atoms with van der Waals surface area (Å²) in [5.74, 6) is 0.467. The second-order valence-electron chi connectivity index (χ2n) is 5.45. The van der Waals surface area contributed by atoms with E-state index in [-0.39, 0.29) is 11.4 Å². The molecule has 0 fully saturated rings. The molecule has 0 spiro atoms. The Kier molecular flexibility index (Phi) is 8.28. The first-order chi connectivity index (χ1) is 10.4. The first-order valence-corrected chi connectivity index (χ1v) is 9.71. The van der Waals surface area contributed by atoms with Crippen LogP contribution in [0.3, 0.4) is 0 Å². The smallest absolute Gasteiger partial charge is 0.220 e. The van der Waals surface area contributed by atoms with E-state index < -0.39 is 10.8 Å². The van der Waals surface area contributed by atoms with Gasteiger partial charge in [-0.1, -0.05) is 29.8 Å². The van der Waals surface area contributed by atoms with Crippen molar-refractivity contribution in [1.82, 2.24) is 5.32 Å². The van der Waals surface area contributed by atoms with E-state index in [0.717, 1.165) is 22.2 Å². The van der Waals surface area contributed by atoms with E-state index in [1.165, 1.54) is 0 Å². The van der Waals surface area contributed by atoms with Gasteiger partial charge in [0, 0.05) is 33.6 Å². The first kappa shape index (κ1) is 19.3. The maximum absolute atomic E-state index is 12.1. The molecule has 0 bridgehead atoms. The summed E-state index contributed by atoms with van der Waals surface area (Å²) in [7, 11) is -1.06. The summed E-state index contributed by atoms with van der Waals surface area (Å²) >= 11 is 3.35. The third kappa shape index (κ3) is 6.58. The maximum Gasteiger partial charge on any atom is 0.220 e. The zero-order chi connectivity index (χ0) is 16.6. The van der Waals surface area contributed by atoms with Crippen molar-refractivity contribution in [3.05, 3.63) is 28.7 Å². The molecule has 0 aromatic heterocycles. The van der Waals surface area contributed by atoms with Crippen molar-refractivity contribution < 1.29 is 9.00 Å². The van der Waals surface area contributed by atoms with Crippen molar-refractivity contribution in [2.45, 2.75) is 50.0 Å². The highest BCUT2D eigenvalue weighted by Gasteiger charge is 2.20. The molecule has 1 atom stereocenters. The molecule has 1 aromatic carbocycles. The normalized spacial score (nSPS) is 12.9. The minimum atomic E-state index is -1.06. The van der Waals surface area contributed by atoms with Crippen LogP contribution >= 0.6 is 15.9 Å². The van der Waals surface area contributed by atoms with Crippen LogP contribution in [0.5, 0.6) is 0 Å². The molecule has 0 aliphatic rings. The van der Waals surface area contributed by atoms with Crippen LogP contribution < -0.4 is 11.1 Å². The zero-order valence-electron chi connectivity index (χ0n) is 13.2. The van der Waals surface area contributed by atoms with Crippen LogP contribution in [0.1, 0.15) is 39.5 Å². The minimum absolute atomic E-state index is 0.0236. The van der Waals surface area contributed by atoms with E-state index in [9.17, 15) is 9.00 Å². The lowest BCUT2D eigenvalue weighted by Crippen LogP contribution is -2.49. The highest BCUT2D eigenvalue weighted by molar-refractivity contribution is 9.10. The number of carbonyl (C=O) groups is 1. The highest BCUT2D eigenvalue weighted by Crippen LogP contribution is 2.14. The van der Waals surface area contributed by atoms with Crippen molar-refractivity contribution >= 4 is 32.6 Å². The van der Waals surface area contributed by atoms with Gasteiger partial charge in [-0.2, -0.15) is 0 Å². The number of nitrogens with one attached hydrogen (secondary N) is 1. The number of halogens is 1. The molecule has 4 nitrogen and oxygen atoms in total. The lowest BCUT2D eigenvalue weighted by molar-refractivity contribution is -0.121. The monoisotopic (exact) mass is 388 g/mol. The van der Waals surface area contributed by atoms with Gasteiger partial charge >= 0.3 is 0 Å². The van der Waals surface area contributed by atoms with Gasteiger partial charge in [-0.3, -0.25) is 9.00 Å². The van der Waals surface area contributed by atoms with Gasteiger partial charge in [0.1, 0.15) is 0 Å². The van der Waals surface area contributed by atoms with Crippen molar-refractivity contribution in [3.8, 4) is 0 Å². The number of amides is 1. The number of benzene rings is 1. The average molecular weight is 389 g/mol. The molecule has 1 aromatic rings. The quantitative estimate of drug-likeness (QED) is 0.682. The average Bonchev–Trinajstić information content (AvgIpc) is 2.53. The number of nitrogens with two attached hydrogens (primary N) is 1. The SMILES string of the molecule is CCC(N)(CC)CNC(=O)CCCS(=O)c1ccc(Br)cc1. The summed E-state index contributed by atoms with van der Waals surface area (Å²) in [6, 6.07) is 7.42. The van der Waals surface area contributed by atoms with Crippen molar-refractivity contribution in [2.75, 3.05) is 12.3 Å². The summed E-state index contributed by atoms with van der Waals surface area (Å²) in [4.78, 5) is 12.6. The molecule has 6 heteroatoms. The molecule has 1 amide bonds. The molecule has 0 aliphatic heterocycles. The Balaban J connectivity index is 2.30. The first-order valence-electron chi connectivity index (χ1n) is 7.59. The van der Waals surface area contributed by atoms with Gasteiger partial charge < -0.3 is 11.1 Å². The molecule has 0 aliphatic carbocycles. The Bertz CT molecular complexity index is 501. The summed E-state index contributed by atoms with van der Waals surface area (Å²) in [5.41, 5.74) is 5.82. The van der Waals surface area contributed by atoms with E-state index in [0.29, 0.717) is 25.1 Å². The highest BCUT2D eigenvalue weighted by atomic mass is 79.9. The van der Waals surface area contributed by atoms with E-state index in [1.807, 2.05) is 38.1 Å². The minimum Gasteiger partial charge on any atom is -0.354 e. The third-order valence-electron chi connectivity index (χ3n) is 3.86. The molecule has 124 valence electrons.